The maximum atomic E-state index is 12.8. The van der Waals surface area contributed by atoms with Gasteiger partial charge in [-0.1, -0.05) is 13.3 Å². The number of primary amides is 1. The Bertz CT molecular complexity index is 556. The molecule has 5 nitrogen and oxygen atoms in total. The molecule has 1 fully saturated rings. The van der Waals surface area contributed by atoms with Crippen molar-refractivity contribution in [1.82, 2.24) is 9.88 Å². The van der Waals surface area contributed by atoms with Crippen molar-refractivity contribution in [2.24, 2.45) is 11.7 Å². The van der Waals surface area contributed by atoms with Crippen LogP contribution in [0.3, 0.4) is 0 Å². The Labute approximate surface area is 135 Å². The van der Waals surface area contributed by atoms with Gasteiger partial charge in [0.15, 0.2) is 0 Å². The molecule has 1 aromatic heterocycles. The Morgan fingerprint density at radius 1 is 1.41 bits per heavy atom. The minimum atomic E-state index is -0.311. The summed E-state index contributed by atoms with van der Waals surface area (Å²) in [5.41, 5.74) is 6.22. The number of nitrogens with two attached hydrogens (primary N) is 1. The molecule has 0 aromatic carbocycles. The van der Waals surface area contributed by atoms with Crippen LogP contribution in [0.25, 0.3) is 0 Å². The van der Waals surface area contributed by atoms with Gasteiger partial charge in [-0.3, -0.25) is 9.59 Å². The molecule has 6 heteroatoms. The Kier molecular flexibility index (Phi) is 5.56. The smallest absolute Gasteiger partial charge is 0.266 e. The SMILES string of the molecule is CCCCc1nc(C)c(C(=O)N2C[C@@H](C(N)=O)CC[C@@H]2C)s1. The first-order valence-electron chi connectivity index (χ1n) is 8.00. The van der Waals surface area contributed by atoms with Gasteiger partial charge in [0.1, 0.15) is 4.88 Å². The topological polar surface area (TPSA) is 76.3 Å². The number of nitrogens with zero attached hydrogens (tertiary/aromatic N) is 2. The molecule has 2 atom stereocenters. The molecule has 0 radical (unpaired) electrons. The van der Waals surface area contributed by atoms with E-state index in [2.05, 4.69) is 11.9 Å². The molecule has 2 amide bonds. The number of aromatic nitrogens is 1. The van der Waals surface area contributed by atoms with E-state index in [1.807, 2.05) is 13.8 Å². The molecule has 2 rings (SSSR count). The van der Waals surface area contributed by atoms with Crippen molar-refractivity contribution in [2.45, 2.75) is 58.9 Å². The molecule has 1 aliphatic rings. The summed E-state index contributed by atoms with van der Waals surface area (Å²) in [6.07, 6.45) is 4.72. The van der Waals surface area contributed by atoms with E-state index in [9.17, 15) is 9.59 Å². The van der Waals surface area contributed by atoms with Crippen LogP contribution in [0.15, 0.2) is 0 Å². The molecule has 122 valence electrons. The highest BCUT2D eigenvalue weighted by atomic mass is 32.1. The fourth-order valence-electron chi connectivity index (χ4n) is 2.84. The number of rotatable bonds is 5. The highest BCUT2D eigenvalue weighted by molar-refractivity contribution is 7.13. The van der Waals surface area contributed by atoms with Crippen molar-refractivity contribution in [3.8, 4) is 0 Å². The van der Waals surface area contributed by atoms with Crippen LogP contribution >= 0.6 is 11.3 Å². The predicted molar refractivity (Wildman–Crippen MR) is 87.9 cm³/mol. The summed E-state index contributed by atoms with van der Waals surface area (Å²) in [6.45, 7) is 6.49. The van der Waals surface area contributed by atoms with Crippen LogP contribution in [0.4, 0.5) is 0 Å². The standard InChI is InChI=1S/C16H25N3O2S/c1-4-5-6-13-18-11(3)14(22-13)16(21)19-9-12(15(17)20)8-7-10(19)2/h10,12H,4-9H2,1-3H3,(H2,17,20)/t10-,12-/m0/s1. The Morgan fingerprint density at radius 2 is 2.14 bits per heavy atom. The number of amides is 2. The average Bonchev–Trinajstić information content (AvgIpc) is 2.85. The summed E-state index contributed by atoms with van der Waals surface area (Å²) in [7, 11) is 0. The molecule has 0 bridgehead atoms. The summed E-state index contributed by atoms with van der Waals surface area (Å²) < 4.78 is 0. The molecule has 1 saturated heterocycles. The predicted octanol–water partition coefficient (Wildman–Crippen LogP) is 2.52. The van der Waals surface area contributed by atoms with E-state index in [0.29, 0.717) is 11.4 Å². The first-order valence-corrected chi connectivity index (χ1v) is 8.82. The molecule has 2 N–H and O–H groups in total. The second-order valence-electron chi connectivity index (χ2n) is 6.11. The van der Waals surface area contributed by atoms with Gasteiger partial charge < -0.3 is 10.6 Å². The number of piperidine rings is 1. The molecule has 0 aliphatic carbocycles. The van der Waals surface area contributed by atoms with E-state index >= 15 is 0 Å². The van der Waals surface area contributed by atoms with Crippen LogP contribution in [-0.2, 0) is 11.2 Å². The zero-order valence-electron chi connectivity index (χ0n) is 13.6. The van der Waals surface area contributed by atoms with Gasteiger partial charge in [0.2, 0.25) is 5.91 Å². The molecular formula is C16H25N3O2S. The van der Waals surface area contributed by atoms with E-state index in [-0.39, 0.29) is 23.8 Å². The monoisotopic (exact) mass is 323 g/mol. The lowest BCUT2D eigenvalue weighted by molar-refractivity contribution is -0.123. The molecule has 0 saturated carbocycles. The molecule has 1 aliphatic heterocycles. The molecule has 1 aromatic rings. The number of aryl methyl sites for hydroxylation is 2. The van der Waals surface area contributed by atoms with Crippen molar-refractivity contribution in [3.05, 3.63) is 15.6 Å². The Balaban J connectivity index is 2.15. The number of hydrogen-bond donors (Lipinski definition) is 1. The molecule has 0 unspecified atom stereocenters. The van der Waals surface area contributed by atoms with E-state index in [1.54, 1.807) is 4.90 Å². The van der Waals surface area contributed by atoms with Gasteiger partial charge in [0, 0.05) is 12.6 Å². The van der Waals surface area contributed by atoms with Crippen LogP contribution < -0.4 is 5.73 Å². The van der Waals surface area contributed by atoms with Crippen molar-refractivity contribution in [1.29, 1.82) is 0 Å². The number of carbonyl (C=O) groups is 2. The quantitative estimate of drug-likeness (QED) is 0.904. The van der Waals surface area contributed by atoms with Crippen molar-refractivity contribution < 1.29 is 9.59 Å². The maximum Gasteiger partial charge on any atom is 0.266 e. The summed E-state index contributed by atoms with van der Waals surface area (Å²) in [5.74, 6) is -0.543. The van der Waals surface area contributed by atoms with Gasteiger partial charge >= 0.3 is 0 Å². The van der Waals surface area contributed by atoms with Gasteiger partial charge in [0.25, 0.3) is 5.91 Å². The summed E-state index contributed by atoms with van der Waals surface area (Å²) >= 11 is 1.49. The van der Waals surface area contributed by atoms with Gasteiger partial charge in [-0.15, -0.1) is 11.3 Å². The van der Waals surface area contributed by atoms with Gasteiger partial charge in [-0.05, 0) is 39.5 Å². The number of hydrogen-bond acceptors (Lipinski definition) is 4. The third-order valence-electron chi connectivity index (χ3n) is 4.32. The summed E-state index contributed by atoms with van der Waals surface area (Å²) in [4.78, 5) is 31.3. The lowest BCUT2D eigenvalue weighted by Crippen LogP contribution is -2.48. The van der Waals surface area contributed by atoms with Crippen molar-refractivity contribution >= 4 is 23.2 Å². The molecular weight excluding hydrogens is 298 g/mol. The highest BCUT2D eigenvalue weighted by Gasteiger charge is 2.33. The third kappa shape index (κ3) is 3.66. The van der Waals surface area contributed by atoms with Crippen LogP contribution in [0.5, 0.6) is 0 Å². The lowest BCUT2D eigenvalue weighted by Gasteiger charge is -2.36. The molecule has 0 spiro atoms. The lowest BCUT2D eigenvalue weighted by atomic mass is 9.93. The largest absolute Gasteiger partial charge is 0.369 e. The zero-order valence-corrected chi connectivity index (χ0v) is 14.4. The van der Waals surface area contributed by atoms with Crippen molar-refractivity contribution in [3.63, 3.8) is 0 Å². The summed E-state index contributed by atoms with van der Waals surface area (Å²) in [6, 6.07) is 0.142. The van der Waals surface area contributed by atoms with Crippen LogP contribution in [0.1, 0.15) is 59.9 Å². The summed E-state index contributed by atoms with van der Waals surface area (Å²) in [5, 5.41) is 1.03. The molecule has 22 heavy (non-hydrogen) atoms. The van der Waals surface area contributed by atoms with Crippen LogP contribution in [0.2, 0.25) is 0 Å². The zero-order chi connectivity index (χ0) is 16.3. The van der Waals surface area contributed by atoms with Crippen LogP contribution in [-0.4, -0.2) is 34.3 Å². The van der Waals surface area contributed by atoms with E-state index in [0.717, 1.165) is 42.8 Å². The first kappa shape index (κ1) is 16.9. The number of unbranched alkanes of at least 4 members (excludes halogenated alkanes) is 1. The highest BCUT2D eigenvalue weighted by Crippen LogP contribution is 2.27. The fourth-order valence-corrected chi connectivity index (χ4v) is 3.90. The van der Waals surface area contributed by atoms with E-state index in [4.69, 9.17) is 5.73 Å². The first-order chi connectivity index (χ1) is 10.4. The minimum Gasteiger partial charge on any atom is -0.369 e. The van der Waals surface area contributed by atoms with Gasteiger partial charge in [-0.2, -0.15) is 0 Å². The number of thiazole rings is 1. The van der Waals surface area contributed by atoms with Crippen molar-refractivity contribution in [2.75, 3.05) is 6.54 Å². The Hall–Kier alpha value is -1.43. The average molecular weight is 323 g/mol. The number of carbonyl (C=O) groups excluding carboxylic acids is 2. The molecule has 2 heterocycles. The van der Waals surface area contributed by atoms with Crippen LogP contribution in [0, 0.1) is 12.8 Å². The second-order valence-corrected chi connectivity index (χ2v) is 7.19. The van der Waals surface area contributed by atoms with Gasteiger partial charge in [-0.25, -0.2) is 4.98 Å². The minimum absolute atomic E-state index is 0.00352. The second kappa shape index (κ2) is 7.22. The maximum absolute atomic E-state index is 12.8. The normalized spacial score (nSPS) is 21.9. The third-order valence-corrected chi connectivity index (χ3v) is 5.53. The number of likely N-dealkylation sites (tertiary alicyclic amines) is 1. The van der Waals surface area contributed by atoms with Gasteiger partial charge in [0.05, 0.1) is 16.6 Å². The van der Waals surface area contributed by atoms with E-state index in [1.165, 1.54) is 11.3 Å². The van der Waals surface area contributed by atoms with E-state index < -0.39 is 0 Å². The Morgan fingerprint density at radius 3 is 2.77 bits per heavy atom. The fraction of sp³-hybridized carbons (Fsp3) is 0.688.